The van der Waals surface area contributed by atoms with E-state index in [-0.39, 0.29) is 23.9 Å². The highest BCUT2D eigenvalue weighted by molar-refractivity contribution is 8.00. The molecule has 5 rings (SSSR count). The van der Waals surface area contributed by atoms with E-state index >= 15 is 0 Å². The second kappa shape index (κ2) is 8.40. The van der Waals surface area contributed by atoms with Crippen LogP contribution in [-0.2, 0) is 27.3 Å². The molecule has 1 fully saturated rings. The molecule has 2 aromatic heterocycles. The Hall–Kier alpha value is -3.17. The van der Waals surface area contributed by atoms with E-state index in [4.69, 9.17) is 0 Å². The summed E-state index contributed by atoms with van der Waals surface area (Å²) in [5.41, 5.74) is 1.70. The Morgan fingerprint density at radius 1 is 1.16 bits per heavy atom. The fourth-order valence-electron chi connectivity index (χ4n) is 4.17. The van der Waals surface area contributed by atoms with Crippen LogP contribution < -0.4 is 9.88 Å². The van der Waals surface area contributed by atoms with Crippen molar-refractivity contribution >= 4 is 51.8 Å². The third kappa shape index (κ3) is 3.67. The first-order valence-electron chi connectivity index (χ1n) is 10.1. The number of thioether (sulfide) groups is 1. The van der Waals surface area contributed by atoms with E-state index in [2.05, 4.69) is 5.32 Å². The first-order valence-corrected chi connectivity index (χ1v) is 12.0. The van der Waals surface area contributed by atoms with Crippen LogP contribution in [0.5, 0.6) is 0 Å². The Kier molecular flexibility index (Phi) is 5.44. The number of amides is 2. The quantitative estimate of drug-likeness (QED) is 0.429. The van der Waals surface area contributed by atoms with Crippen molar-refractivity contribution < 1.29 is 24.1 Å². The van der Waals surface area contributed by atoms with Crippen molar-refractivity contribution in [2.75, 3.05) is 5.75 Å². The van der Waals surface area contributed by atoms with Crippen LogP contribution in [0.4, 0.5) is 0 Å². The van der Waals surface area contributed by atoms with E-state index in [1.165, 1.54) is 28.0 Å². The number of nitrogens with zero attached hydrogens (tertiary/aromatic N) is 2. The first-order chi connectivity index (χ1) is 15.5. The number of carbonyl (C=O) groups excluding carboxylic acids is 2. The second-order valence-corrected chi connectivity index (χ2v) is 9.80. The first kappa shape index (κ1) is 20.7. The number of hydrogen-bond donors (Lipinski definition) is 2. The molecule has 7 nitrogen and oxygen atoms in total. The number of thiophene rings is 1. The molecule has 1 saturated heterocycles. The molecule has 2 amide bonds. The number of fused-ring (bicyclic) bond motifs is 2. The van der Waals surface area contributed by atoms with Gasteiger partial charge in [0.05, 0.1) is 6.42 Å². The SMILES string of the molecule is O=C(Cc1cccs1)NC1C(=O)N2C(C(=O)O)=C(C[n+]3cccc4ccccc43)CS[C@@H]12. The number of rotatable bonds is 6. The van der Waals surface area contributed by atoms with Crippen molar-refractivity contribution in [2.24, 2.45) is 0 Å². The minimum Gasteiger partial charge on any atom is -0.477 e. The number of hydrogen-bond acceptors (Lipinski definition) is 5. The van der Waals surface area contributed by atoms with Gasteiger partial charge in [-0.2, -0.15) is 4.57 Å². The zero-order valence-corrected chi connectivity index (χ0v) is 18.6. The molecule has 0 bridgehead atoms. The normalized spacial score (nSPS) is 20.1. The molecule has 2 N–H and O–H groups in total. The van der Waals surface area contributed by atoms with Crippen LogP contribution in [-0.4, -0.2) is 45.0 Å². The summed E-state index contributed by atoms with van der Waals surface area (Å²) in [6.45, 7) is 0.377. The van der Waals surface area contributed by atoms with E-state index in [0.717, 1.165) is 15.8 Å². The Labute approximate surface area is 192 Å². The lowest BCUT2D eigenvalue weighted by molar-refractivity contribution is -0.663. The third-order valence-electron chi connectivity index (χ3n) is 5.63. The van der Waals surface area contributed by atoms with Crippen molar-refractivity contribution in [3.05, 3.63) is 76.3 Å². The number of nitrogens with one attached hydrogen (secondary N) is 1. The Morgan fingerprint density at radius 2 is 1.97 bits per heavy atom. The monoisotopic (exact) mass is 466 g/mol. The van der Waals surface area contributed by atoms with Gasteiger partial charge in [0.15, 0.2) is 12.7 Å². The van der Waals surface area contributed by atoms with Gasteiger partial charge >= 0.3 is 5.97 Å². The van der Waals surface area contributed by atoms with Gasteiger partial charge < -0.3 is 10.4 Å². The smallest absolute Gasteiger partial charge is 0.352 e. The fraction of sp³-hybridized carbons (Fsp3) is 0.217. The summed E-state index contributed by atoms with van der Waals surface area (Å²) in [5.74, 6) is -1.25. The molecular formula is C23H20N3O4S2+. The van der Waals surface area contributed by atoms with Gasteiger partial charge in [0.25, 0.3) is 5.91 Å². The van der Waals surface area contributed by atoms with Gasteiger partial charge in [-0.25, -0.2) is 4.79 Å². The molecule has 0 aliphatic carbocycles. The third-order valence-corrected chi connectivity index (χ3v) is 7.85. The molecule has 2 aliphatic heterocycles. The minimum absolute atomic E-state index is 0.0305. The number of carboxylic acids is 1. The summed E-state index contributed by atoms with van der Waals surface area (Å²) < 4.78 is 2.00. The van der Waals surface area contributed by atoms with Crippen LogP contribution in [0.1, 0.15) is 4.88 Å². The molecule has 4 heterocycles. The maximum absolute atomic E-state index is 12.9. The van der Waals surface area contributed by atoms with E-state index < -0.39 is 17.4 Å². The molecule has 3 aromatic rings. The van der Waals surface area contributed by atoms with Crippen LogP contribution >= 0.6 is 23.1 Å². The Balaban J connectivity index is 1.37. The molecular weight excluding hydrogens is 446 g/mol. The summed E-state index contributed by atoms with van der Waals surface area (Å²) in [5, 5.41) is 15.3. The van der Waals surface area contributed by atoms with E-state index in [0.29, 0.717) is 17.9 Å². The summed E-state index contributed by atoms with van der Waals surface area (Å²) in [7, 11) is 0. The predicted octanol–water partition coefficient (Wildman–Crippen LogP) is 2.17. The van der Waals surface area contributed by atoms with E-state index in [1.54, 1.807) is 0 Å². The predicted molar refractivity (Wildman–Crippen MR) is 122 cm³/mol. The van der Waals surface area contributed by atoms with Gasteiger partial charge in [0.2, 0.25) is 11.4 Å². The largest absolute Gasteiger partial charge is 0.477 e. The van der Waals surface area contributed by atoms with Crippen LogP contribution in [0.2, 0.25) is 0 Å². The molecule has 0 radical (unpaired) electrons. The standard InChI is InChI=1S/C23H19N3O4S2/c27-18(11-16-7-4-10-31-16)24-19-21(28)26-20(23(29)30)15(13-32-22(19)26)12-25-9-3-6-14-5-1-2-8-17(14)25/h1-10,19,22H,11-13H2,(H-,24,27,29,30)/p+1/t19?,22-/m0/s1. The molecule has 32 heavy (non-hydrogen) atoms. The molecule has 1 aromatic carbocycles. The van der Waals surface area contributed by atoms with Crippen molar-refractivity contribution in [2.45, 2.75) is 24.4 Å². The maximum atomic E-state index is 12.9. The van der Waals surface area contributed by atoms with Crippen molar-refractivity contribution in [1.82, 2.24) is 10.2 Å². The van der Waals surface area contributed by atoms with Gasteiger partial charge in [-0.3, -0.25) is 14.5 Å². The summed E-state index contributed by atoms with van der Waals surface area (Å²) >= 11 is 2.97. The number of aliphatic carboxylic acids is 1. The highest BCUT2D eigenvalue weighted by Crippen LogP contribution is 2.40. The van der Waals surface area contributed by atoms with Gasteiger partial charge in [-0.05, 0) is 23.6 Å². The van der Waals surface area contributed by atoms with Crippen molar-refractivity contribution in [3.8, 4) is 0 Å². The highest BCUT2D eigenvalue weighted by Gasteiger charge is 2.54. The lowest BCUT2D eigenvalue weighted by Crippen LogP contribution is -2.70. The molecule has 1 unspecified atom stereocenters. The fourth-order valence-corrected chi connectivity index (χ4v) is 6.20. The maximum Gasteiger partial charge on any atom is 0.352 e. The van der Waals surface area contributed by atoms with Crippen LogP contribution in [0.3, 0.4) is 0 Å². The molecule has 9 heteroatoms. The van der Waals surface area contributed by atoms with Gasteiger partial charge in [0.1, 0.15) is 17.1 Å². The van der Waals surface area contributed by atoms with Crippen molar-refractivity contribution in [3.63, 3.8) is 0 Å². The zero-order chi connectivity index (χ0) is 22.2. The lowest BCUT2D eigenvalue weighted by Gasteiger charge is -2.49. The number of para-hydroxylation sites is 1. The number of carbonyl (C=O) groups is 3. The van der Waals surface area contributed by atoms with Crippen molar-refractivity contribution in [1.29, 1.82) is 0 Å². The summed E-state index contributed by atoms with van der Waals surface area (Å²) in [6, 6.07) is 14.9. The average molecular weight is 467 g/mol. The molecule has 0 spiro atoms. The molecule has 162 valence electrons. The molecule has 2 aliphatic rings. The number of carboxylic acid groups (broad SMARTS) is 1. The number of β-lactam (4-membered cyclic amide) rings is 1. The number of benzene rings is 1. The van der Waals surface area contributed by atoms with Crippen LogP contribution in [0.25, 0.3) is 10.9 Å². The average Bonchev–Trinajstić information content (AvgIpc) is 3.30. The molecule has 0 saturated carbocycles. The summed E-state index contributed by atoms with van der Waals surface area (Å²) in [6.07, 6.45) is 2.13. The zero-order valence-electron chi connectivity index (χ0n) is 16.9. The van der Waals surface area contributed by atoms with Crippen LogP contribution in [0, 0.1) is 0 Å². The second-order valence-electron chi connectivity index (χ2n) is 7.66. The molecule has 2 atom stereocenters. The van der Waals surface area contributed by atoms with E-state index in [9.17, 15) is 19.5 Å². The van der Waals surface area contributed by atoms with Gasteiger partial charge in [-0.1, -0.05) is 18.2 Å². The van der Waals surface area contributed by atoms with Gasteiger partial charge in [0, 0.05) is 33.7 Å². The van der Waals surface area contributed by atoms with Gasteiger partial charge in [-0.15, -0.1) is 23.1 Å². The van der Waals surface area contributed by atoms with E-state index in [1.807, 2.05) is 64.7 Å². The summed E-state index contributed by atoms with van der Waals surface area (Å²) in [4.78, 5) is 39.6. The topological polar surface area (TPSA) is 90.6 Å². The highest BCUT2D eigenvalue weighted by atomic mass is 32.2. The Bertz CT molecular complexity index is 1250. The minimum atomic E-state index is -1.12. The number of aromatic nitrogens is 1. The number of pyridine rings is 1. The van der Waals surface area contributed by atoms with Crippen LogP contribution in [0.15, 0.2) is 71.4 Å². The lowest BCUT2D eigenvalue weighted by atomic mass is 10.0. The Morgan fingerprint density at radius 3 is 2.75 bits per heavy atom.